The summed E-state index contributed by atoms with van der Waals surface area (Å²) in [5, 5.41) is 2.84. The highest BCUT2D eigenvalue weighted by Gasteiger charge is 2.19. The zero-order valence-electron chi connectivity index (χ0n) is 14.5. The first-order valence-electron chi connectivity index (χ1n) is 8.32. The van der Waals surface area contributed by atoms with Crippen molar-refractivity contribution >= 4 is 17.5 Å². The van der Waals surface area contributed by atoms with Crippen molar-refractivity contribution in [3.63, 3.8) is 0 Å². The molecule has 3 aromatic rings. The number of benzene rings is 1. The van der Waals surface area contributed by atoms with Gasteiger partial charge in [-0.05, 0) is 37.3 Å². The Morgan fingerprint density at radius 3 is 2.54 bits per heavy atom. The molecular formula is C20H20N2O4. The van der Waals surface area contributed by atoms with Crippen molar-refractivity contribution in [3.05, 3.63) is 78.1 Å². The number of carbonyl (C=O) groups is 2. The largest absolute Gasteiger partial charge is 0.472 e. The van der Waals surface area contributed by atoms with Crippen molar-refractivity contribution in [2.24, 2.45) is 0 Å². The Morgan fingerprint density at radius 1 is 1.08 bits per heavy atom. The zero-order valence-corrected chi connectivity index (χ0v) is 14.5. The van der Waals surface area contributed by atoms with Crippen LogP contribution in [-0.4, -0.2) is 23.3 Å². The summed E-state index contributed by atoms with van der Waals surface area (Å²) in [6.45, 7) is 2.54. The molecule has 6 nitrogen and oxygen atoms in total. The van der Waals surface area contributed by atoms with Gasteiger partial charge in [0.25, 0.3) is 5.91 Å². The van der Waals surface area contributed by atoms with Gasteiger partial charge in [0.2, 0.25) is 5.91 Å². The predicted octanol–water partition coefficient (Wildman–Crippen LogP) is 3.85. The van der Waals surface area contributed by atoms with Crippen LogP contribution in [0.1, 0.15) is 28.1 Å². The second-order valence-corrected chi connectivity index (χ2v) is 5.98. The summed E-state index contributed by atoms with van der Waals surface area (Å²) < 4.78 is 10.3. The van der Waals surface area contributed by atoms with Gasteiger partial charge in [-0.2, -0.15) is 0 Å². The summed E-state index contributed by atoms with van der Waals surface area (Å²) >= 11 is 0. The minimum atomic E-state index is -0.210. The standard InChI is InChI=1S/C20H20N2O4/c1-15-4-6-17(7-5-15)21-19(23)8-10-22(13-18-3-2-11-26-18)20(24)16-9-12-25-14-16/h2-7,9,11-12,14H,8,10,13H2,1H3,(H,21,23). The van der Waals surface area contributed by atoms with Crippen LogP contribution in [0.25, 0.3) is 0 Å². The molecule has 0 saturated carbocycles. The number of hydrogen-bond donors (Lipinski definition) is 1. The summed E-state index contributed by atoms with van der Waals surface area (Å²) in [6, 6.07) is 12.7. The Hall–Kier alpha value is -3.28. The molecule has 0 unspecified atom stereocenters. The average molecular weight is 352 g/mol. The van der Waals surface area contributed by atoms with Gasteiger partial charge >= 0.3 is 0 Å². The third-order valence-electron chi connectivity index (χ3n) is 3.93. The third-order valence-corrected chi connectivity index (χ3v) is 3.93. The van der Waals surface area contributed by atoms with E-state index in [1.165, 1.54) is 12.5 Å². The maximum atomic E-state index is 12.6. The molecule has 2 aromatic heterocycles. The molecule has 26 heavy (non-hydrogen) atoms. The van der Waals surface area contributed by atoms with Crippen molar-refractivity contribution in [2.45, 2.75) is 19.9 Å². The number of carbonyl (C=O) groups excluding carboxylic acids is 2. The second kappa shape index (κ2) is 8.20. The first-order valence-corrected chi connectivity index (χ1v) is 8.32. The lowest BCUT2D eigenvalue weighted by Gasteiger charge is -2.21. The number of hydrogen-bond acceptors (Lipinski definition) is 4. The summed E-state index contributed by atoms with van der Waals surface area (Å²) in [6.07, 6.45) is 4.57. The number of furan rings is 2. The number of anilines is 1. The number of amides is 2. The van der Waals surface area contributed by atoms with Gasteiger partial charge in [-0.25, -0.2) is 0 Å². The summed E-state index contributed by atoms with van der Waals surface area (Å²) in [4.78, 5) is 26.4. The molecule has 0 spiro atoms. The molecule has 0 aliphatic heterocycles. The molecule has 2 heterocycles. The fourth-order valence-corrected chi connectivity index (χ4v) is 2.51. The Balaban J connectivity index is 1.62. The SMILES string of the molecule is Cc1ccc(NC(=O)CCN(Cc2ccco2)C(=O)c2ccoc2)cc1. The van der Waals surface area contributed by atoms with Gasteiger partial charge in [-0.1, -0.05) is 17.7 Å². The normalized spacial score (nSPS) is 10.5. The lowest BCUT2D eigenvalue weighted by atomic mass is 10.2. The molecule has 0 radical (unpaired) electrons. The molecule has 1 aromatic carbocycles. The van der Waals surface area contributed by atoms with E-state index in [9.17, 15) is 9.59 Å². The highest BCUT2D eigenvalue weighted by atomic mass is 16.3. The molecule has 0 saturated heterocycles. The van der Waals surface area contributed by atoms with E-state index in [1.807, 2.05) is 31.2 Å². The van der Waals surface area contributed by atoms with Crippen molar-refractivity contribution in [1.82, 2.24) is 4.90 Å². The molecular weight excluding hydrogens is 332 g/mol. The van der Waals surface area contributed by atoms with E-state index in [4.69, 9.17) is 8.83 Å². The fourth-order valence-electron chi connectivity index (χ4n) is 2.51. The van der Waals surface area contributed by atoms with Gasteiger partial charge in [0.05, 0.1) is 24.6 Å². The van der Waals surface area contributed by atoms with Crippen LogP contribution in [0.15, 0.2) is 70.1 Å². The Bertz CT molecular complexity index is 837. The van der Waals surface area contributed by atoms with Crippen molar-refractivity contribution in [1.29, 1.82) is 0 Å². The van der Waals surface area contributed by atoms with Crippen LogP contribution < -0.4 is 5.32 Å². The van der Waals surface area contributed by atoms with Gasteiger partial charge < -0.3 is 19.1 Å². The van der Waals surface area contributed by atoms with E-state index >= 15 is 0 Å². The summed E-state index contributed by atoms with van der Waals surface area (Å²) in [5.74, 6) is 0.289. The molecule has 2 amide bonds. The monoisotopic (exact) mass is 352 g/mol. The molecule has 134 valence electrons. The van der Waals surface area contributed by atoms with Crippen LogP contribution in [0, 0.1) is 6.92 Å². The van der Waals surface area contributed by atoms with Crippen molar-refractivity contribution in [3.8, 4) is 0 Å². The van der Waals surface area contributed by atoms with E-state index in [1.54, 1.807) is 29.4 Å². The quantitative estimate of drug-likeness (QED) is 0.701. The maximum absolute atomic E-state index is 12.6. The smallest absolute Gasteiger partial charge is 0.257 e. The average Bonchev–Trinajstić information content (AvgIpc) is 3.34. The maximum Gasteiger partial charge on any atom is 0.257 e. The molecule has 0 aliphatic rings. The van der Waals surface area contributed by atoms with Crippen LogP contribution in [0.3, 0.4) is 0 Å². The fraction of sp³-hybridized carbons (Fsp3) is 0.200. The zero-order chi connectivity index (χ0) is 18.4. The molecule has 0 aliphatic carbocycles. The minimum Gasteiger partial charge on any atom is -0.472 e. The first-order chi connectivity index (χ1) is 12.6. The van der Waals surface area contributed by atoms with Crippen LogP contribution in [-0.2, 0) is 11.3 Å². The highest BCUT2D eigenvalue weighted by Crippen LogP contribution is 2.13. The Morgan fingerprint density at radius 2 is 1.88 bits per heavy atom. The van der Waals surface area contributed by atoms with Crippen LogP contribution >= 0.6 is 0 Å². The summed E-state index contributed by atoms with van der Waals surface area (Å²) in [7, 11) is 0. The van der Waals surface area contributed by atoms with E-state index in [0.29, 0.717) is 11.3 Å². The van der Waals surface area contributed by atoms with Gasteiger partial charge in [0.1, 0.15) is 12.0 Å². The first kappa shape index (κ1) is 17.5. The van der Waals surface area contributed by atoms with Crippen molar-refractivity contribution in [2.75, 3.05) is 11.9 Å². The molecule has 3 rings (SSSR count). The Labute approximate surface area is 151 Å². The molecule has 1 N–H and O–H groups in total. The van der Waals surface area contributed by atoms with Crippen molar-refractivity contribution < 1.29 is 18.4 Å². The Kier molecular flexibility index (Phi) is 5.53. The molecule has 6 heteroatoms. The van der Waals surface area contributed by atoms with Crippen LogP contribution in [0.5, 0.6) is 0 Å². The predicted molar refractivity (Wildman–Crippen MR) is 96.6 cm³/mol. The molecule has 0 bridgehead atoms. The summed E-state index contributed by atoms with van der Waals surface area (Å²) in [5.41, 5.74) is 2.30. The van der Waals surface area contributed by atoms with Crippen LogP contribution in [0.2, 0.25) is 0 Å². The lowest BCUT2D eigenvalue weighted by Crippen LogP contribution is -2.33. The van der Waals surface area contributed by atoms with E-state index < -0.39 is 0 Å². The van der Waals surface area contributed by atoms with Gasteiger partial charge in [-0.15, -0.1) is 0 Å². The van der Waals surface area contributed by atoms with E-state index in [-0.39, 0.29) is 31.3 Å². The van der Waals surface area contributed by atoms with E-state index in [2.05, 4.69) is 5.32 Å². The van der Waals surface area contributed by atoms with Crippen LogP contribution in [0.4, 0.5) is 5.69 Å². The van der Waals surface area contributed by atoms with E-state index in [0.717, 1.165) is 11.3 Å². The van der Waals surface area contributed by atoms with Gasteiger partial charge in [-0.3, -0.25) is 9.59 Å². The number of nitrogens with zero attached hydrogens (tertiary/aromatic N) is 1. The second-order valence-electron chi connectivity index (χ2n) is 5.98. The number of rotatable bonds is 7. The molecule has 0 fully saturated rings. The number of nitrogens with one attached hydrogen (secondary N) is 1. The topological polar surface area (TPSA) is 75.7 Å². The molecule has 0 atom stereocenters. The minimum absolute atomic E-state index is 0.154. The van der Waals surface area contributed by atoms with Gasteiger partial charge in [0.15, 0.2) is 0 Å². The lowest BCUT2D eigenvalue weighted by molar-refractivity contribution is -0.116. The number of aryl methyl sites for hydroxylation is 1. The third kappa shape index (κ3) is 4.63. The van der Waals surface area contributed by atoms with Gasteiger partial charge in [0, 0.05) is 18.7 Å². The highest BCUT2D eigenvalue weighted by molar-refractivity contribution is 5.95.